The molecule has 28 heavy (non-hydrogen) atoms. The van der Waals surface area contributed by atoms with Gasteiger partial charge in [0.15, 0.2) is 0 Å². The second-order valence-electron chi connectivity index (χ2n) is 7.33. The molecule has 4 rings (SSSR count). The lowest BCUT2D eigenvalue weighted by molar-refractivity contribution is 0.0505. The van der Waals surface area contributed by atoms with Gasteiger partial charge in [0.2, 0.25) is 0 Å². The van der Waals surface area contributed by atoms with Crippen molar-refractivity contribution >= 4 is 39.3 Å². The van der Waals surface area contributed by atoms with Crippen molar-refractivity contribution in [1.29, 1.82) is 0 Å². The number of carbonyl (C=O) groups is 1. The molecule has 1 atom stereocenters. The average molecular weight is 413 g/mol. The number of nitrogens with zero attached hydrogens (tertiary/aromatic N) is 2. The van der Waals surface area contributed by atoms with Crippen molar-refractivity contribution in [3.63, 3.8) is 0 Å². The van der Waals surface area contributed by atoms with Crippen LogP contribution in [-0.4, -0.2) is 22.5 Å². The van der Waals surface area contributed by atoms with Crippen LogP contribution < -0.4 is 0 Å². The van der Waals surface area contributed by atoms with Gasteiger partial charge in [-0.3, -0.25) is 0 Å². The Morgan fingerprint density at radius 1 is 1.29 bits per heavy atom. The van der Waals surface area contributed by atoms with E-state index in [0.29, 0.717) is 12.2 Å². The largest absolute Gasteiger partial charge is 0.462 e. The quantitative estimate of drug-likeness (QED) is 0.296. The van der Waals surface area contributed by atoms with E-state index in [2.05, 4.69) is 16.9 Å². The van der Waals surface area contributed by atoms with Gasteiger partial charge in [-0.15, -0.1) is 23.1 Å². The average Bonchev–Trinajstić information content (AvgIpc) is 3.08. The fourth-order valence-corrected chi connectivity index (χ4v) is 5.92. The van der Waals surface area contributed by atoms with Gasteiger partial charge < -0.3 is 4.74 Å². The van der Waals surface area contributed by atoms with Crippen molar-refractivity contribution in [3.8, 4) is 0 Å². The van der Waals surface area contributed by atoms with Crippen molar-refractivity contribution in [2.75, 3.05) is 6.61 Å². The van der Waals surface area contributed by atoms with E-state index in [4.69, 9.17) is 4.74 Å². The van der Waals surface area contributed by atoms with Crippen molar-refractivity contribution < 1.29 is 9.53 Å². The van der Waals surface area contributed by atoms with Crippen molar-refractivity contribution in [3.05, 3.63) is 52.2 Å². The third-order valence-electron chi connectivity index (χ3n) is 5.06. The molecule has 1 unspecified atom stereocenters. The maximum atomic E-state index is 11.9. The van der Waals surface area contributed by atoms with Gasteiger partial charge in [-0.1, -0.05) is 26.0 Å². The molecule has 0 aliphatic heterocycles. The minimum atomic E-state index is -0.252. The molecular formula is C22H24N2O2S2. The summed E-state index contributed by atoms with van der Waals surface area (Å²) in [7, 11) is 0. The van der Waals surface area contributed by atoms with Crippen LogP contribution in [0.2, 0.25) is 0 Å². The van der Waals surface area contributed by atoms with E-state index in [0.717, 1.165) is 40.8 Å². The third-order valence-corrected chi connectivity index (χ3v) is 7.28. The minimum absolute atomic E-state index is 0.252. The Kier molecular flexibility index (Phi) is 5.97. The van der Waals surface area contributed by atoms with E-state index >= 15 is 0 Å². The molecule has 0 amide bonds. The number of thiophene rings is 1. The number of aromatic nitrogens is 2. The lowest BCUT2D eigenvalue weighted by Crippen LogP contribution is -2.08. The van der Waals surface area contributed by atoms with Gasteiger partial charge in [0.25, 0.3) is 0 Å². The summed E-state index contributed by atoms with van der Waals surface area (Å²) in [6.07, 6.45) is 6.05. The highest BCUT2D eigenvalue weighted by Crippen LogP contribution is 2.41. The number of fused-ring (bicyclic) bond motifs is 3. The smallest absolute Gasteiger partial charge is 0.338 e. The molecule has 0 saturated heterocycles. The number of benzene rings is 1. The Morgan fingerprint density at radius 2 is 2.11 bits per heavy atom. The standard InChI is InChI=1S/C22H24N2O2S2/c1-3-10-26-22(25)16-7-5-15(6-8-16)12-27-20-19-17-9-4-14(2)11-18(17)28-21(19)24-13-23-20/h5-8,13-14H,3-4,9-12H2,1-2H3. The summed E-state index contributed by atoms with van der Waals surface area (Å²) in [5.74, 6) is 1.32. The third kappa shape index (κ3) is 4.08. The van der Waals surface area contributed by atoms with Crippen LogP contribution in [0.5, 0.6) is 0 Å². The van der Waals surface area contributed by atoms with Crippen LogP contribution in [0.1, 0.15) is 53.1 Å². The highest BCUT2D eigenvalue weighted by molar-refractivity contribution is 7.98. The fraction of sp³-hybridized carbons (Fsp3) is 0.409. The highest BCUT2D eigenvalue weighted by Gasteiger charge is 2.23. The molecule has 1 aliphatic rings. The fourth-order valence-electron chi connectivity index (χ4n) is 3.52. The number of thioether (sulfide) groups is 1. The molecule has 0 radical (unpaired) electrons. The Balaban J connectivity index is 1.49. The van der Waals surface area contributed by atoms with Gasteiger partial charge in [0.1, 0.15) is 16.2 Å². The van der Waals surface area contributed by atoms with Gasteiger partial charge in [0, 0.05) is 16.0 Å². The molecule has 0 saturated carbocycles. The molecule has 0 spiro atoms. The van der Waals surface area contributed by atoms with Crippen LogP contribution in [-0.2, 0) is 23.3 Å². The first-order chi connectivity index (χ1) is 13.7. The van der Waals surface area contributed by atoms with E-state index < -0.39 is 0 Å². The van der Waals surface area contributed by atoms with Gasteiger partial charge in [-0.2, -0.15) is 0 Å². The van der Waals surface area contributed by atoms with Crippen LogP contribution in [0.15, 0.2) is 35.6 Å². The maximum Gasteiger partial charge on any atom is 0.338 e. The first-order valence-electron chi connectivity index (χ1n) is 9.79. The normalized spacial score (nSPS) is 16.1. The second kappa shape index (κ2) is 8.62. The monoisotopic (exact) mass is 412 g/mol. The maximum absolute atomic E-state index is 11.9. The highest BCUT2D eigenvalue weighted by atomic mass is 32.2. The zero-order chi connectivity index (χ0) is 19.5. The Labute approximate surface area is 173 Å². The molecule has 4 nitrogen and oxygen atoms in total. The minimum Gasteiger partial charge on any atom is -0.462 e. The van der Waals surface area contributed by atoms with Gasteiger partial charge in [-0.25, -0.2) is 14.8 Å². The molecule has 3 aromatic rings. The van der Waals surface area contributed by atoms with E-state index in [1.807, 2.05) is 42.5 Å². The molecule has 2 aromatic heterocycles. The van der Waals surface area contributed by atoms with E-state index in [1.54, 1.807) is 18.1 Å². The first kappa shape index (κ1) is 19.4. The van der Waals surface area contributed by atoms with Crippen molar-refractivity contribution in [2.24, 2.45) is 5.92 Å². The molecule has 1 aromatic carbocycles. The topological polar surface area (TPSA) is 52.1 Å². The number of esters is 1. The van der Waals surface area contributed by atoms with Gasteiger partial charge in [-0.05, 0) is 54.9 Å². The van der Waals surface area contributed by atoms with Crippen LogP contribution in [0.3, 0.4) is 0 Å². The SMILES string of the molecule is CCCOC(=O)c1ccc(CSc2ncnc3sc4c(c23)CCC(C)C4)cc1. The molecule has 2 heterocycles. The summed E-state index contributed by atoms with van der Waals surface area (Å²) in [4.78, 5) is 23.6. The van der Waals surface area contributed by atoms with Crippen LogP contribution in [0.25, 0.3) is 10.2 Å². The summed E-state index contributed by atoms with van der Waals surface area (Å²) in [6, 6.07) is 7.69. The molecule has 0 bridgehead atoms. The van der Waals surface area contributed by atoms with E-state index in [-0.39, 0.29) is 5.97 Å². The number of carbonyl (C=O) groups excluding carboxylic acids is 1. The number of rotatable bonds is 6. The predicted molar refractivity (Wildman–Crippen MR) is 115 cm³/mol. The molecular weight excluding hydrogens is 388 g/mol. The lowest BCUT2D eigenvalue weighted by atomic mass is 9.89. The zero-order valence-electron chi connectivity index (χ0n) is 16.2. The number of aryl methyl sites for hydroxylation is 1. The Bertz CT molecular complexity index is 982. The van der Waals surface area contributed by atoms with Crippen LogP contribution in [0, 0.1) is 5.92 Å². The predicted octanol–water partition coefficient (Wildman–Crippen LogP) is 5.68. The summed E-state index contributed by atoms with van der Waals surface area (Å²) in [5, 5.41) is 2.34. The summed E-state index contributed by atoms with van der Waals surface area (Å²) in [6.45, 7) is 4.78. The number of hydrogen-bond donors (Lipinski definition) is 0. The summed E-state index contributed by atoms with van der Waals surface area (Å²) >= 11 is 3.58. The lowest BCUT2D eigenvalue weighted by Gasteiger charge is -2.18. The molecule has 6 heteroatoms. The van der Waals surface area contributed by atoms with Crippen molar-refractivity contribution in [2.45, 2.75) is 50.3 Å². The van der Waals surface area contributed by atoms with Crippen LogP contribution >= 0.6 is 23.1 Å². The number of ether oxygens (including phenoxy) is 1. The zero-order valence-corrected chi connectivity index (χ0v) is 17.9. The summed E-state index contributed by atoms with van der Waals surface area (Å²) in [5.41, 5.74) is 3.24. The summed E-state index contributed by atoms with van der Waals surface area (Å²) < 4.78 is 5.19. The van der Waals surface area contributed by atoms with E-state index in [9.17, 15) is 4.79 Å². The Morgan fingerprint density at radius 3 is 2.89 bits per heavy atom. The molecule has 0 N–H and O–H groups in total. The van der Waals surface area contributed by atoms with Gasteiger partial charge >= 0.3 is 5.97 Å². The number of hydrogen-bond acceptors (Lipinski definition) is 6. The first-order valence-corrected chi connectivity index (χ1v) is 11.6. The Hall–Kier alpha value is -1.92. The van der Waals surface area contributed by atoms with E-state index in [1.165, 1.54) is 27.8 Å². The van der Waals surface area contributed by atoms with Crippen molar-refractivity contribution in [1.82, 2.24) is 9.97 Å². The molecule has 146 valence electrons. The molecule has 0 fully saturated rings. The molecule has 1 aliphatic carbocycles. The van der Waals surface area contributed by atoms with Crippen LogP contribution in [0.4, 0.5) is 0 Å². The second-order valence-corrected chi connectivity index (χ2v) is 9.38. The van der Waals surface area contributed by atoms with Gasteiger partial charge in [0.05, 0.1) is 12.2 Å².